The molecule has 2 aliphatic heterocycles. The molecular weight excluding hydrogens is 552 g/mol. The molecular formula is C41H50N2O2. The van der Waals surface area contributed by atoms with Gasteiger partial charge in [-0.2, -0.15) is 0 Å². The molecule has 1 unspecified atom stereocenters. The number of hydrogen-bond donors (Lipinski definition) is 0. The van der Waals surface area contributed by atoms with Crippen molar-refractivity contribution in [3.05, 3.63) is 113 Å². The molecule has 4 aliphatic rings. The highest BCUT2D eigenvalue weighted by atomic mass is 16.5. The molecule has 4 nitrogen and oxygen atoms in total. The minimum atomic E-state index is -0.105. The second-order valence-electron chi connectivity index (χ2n) is 13.3. The molecule has 2 heterocycles. The Kier molecular flexibility index (Phi) is 10.3. The van der Waals surface area contributed by atoms with Gasteiger partial charge < -0.3 is 14.5 Å². The summed E-state index contributed by atoms with van der Waals surface area (Å²) in [6.45, 7) is 15.7. The maximum absolute atomic E-state index is 12.2. The predicted molar refractivity (Wildman–Crippen MR) is 191 cm³/mol. The van der Waals surface area contributed by atoms with Gasteiger partial charge in [0.15, 0.2) is 5.78 Å². The number of carbonyl (C=O) groups is 1. The van der Waals surface area contributed by atoms with Crippen molar-refractivity contribution >= 4 is 22.2 Å². The number of likely N-dealkylation sites (N-methyl/N-ethyl adjacent to an activating group) is 1. The second kappa shape index (κ2) is 13.8. The number of unbranched alkanes of at least 4 members (excludes halogenated alkanes) is 1. The molecule has 0 saturated heterocycles. The van der Waals surface area contributed by atoms with Crippen LogP contribution in [-0.4, -0.2) is 44.0 Å². The van der Waals surface area contributed by atoms with Crippen LogP contribution in [0.3, 0.4) is 0 Å². The number of ether oxygens (including phenoxy) is 1. The molecule has 0 amide bonds. The van der Waals surface area contributed by atoms with Crippen LogP contribution in [0.1, 0.15) is 66.4 Å². The van der Waals surface area contributed by atoms with Crippen molar-refractivity contribution in [2.45, 2.75) is 72.3 Å². The number of carbonyl (C=O) groups excluding carboxylic acids is 1. The fourth-order valence-corrected chi connectivity index (χ4v) is 7.38. The van der Waals surface area contributed by atoms with Crippen molar-refractivity contribution in [3.63, 3.8) is 0 Å². The van der Waals surface area contributed by atoms with E-state index in [0.29, 0.717) is 11.3 Å². The Bertz CT molecular complexity index is 1640. The van der Waals surface area contributed by atoms with Crippen LogP contribution < -0.4 is 4.90 Å². The third kappa shape index (κ3) is 6.32. The third-order valence-corrected chi connectivity index (χ3v) is 9.45. The van der Waals surface area contributed by atoms with Crippen LogP contribution >= 0.6 is 0 Å². The third-order valence-electron chi connectivity index (χ3n) is 9.45. The van der Waals surface area contributed by atoms with E-state index in [1.165, 1.54) is 38.9 Å². The Morgan fingerprint density at radius 1 is 1.04 bits per heavy atom. The molecule has 1 atom stereocenters. The van der Waals surface area contributed by atoms with Gasteiger partial charge in [-0.15, -0.1) is 12.8 Å². The summed E-state index contributed by atoms with van der Waals surface area (Å²) in [6.07, 6.45) is 26.3. The maximum Gasteiger partial charge on any atom is 0.193 e. The molecule has 4 heteroatoms. The number of rotatable bonds is 5. The van der Waals surface area contributed by atoms with Gasteiger partial charge in [0.2, 0.25) is 0 Å². The minimum Gasteiger partial charge on any atom is -0.496 e. The first-order valence-electron chi connectivity index (χ1n) is 16.1. The first-order chi connectivity index (χ1) is 21.5. The average molecular weight is 603 g/mol. The summed E-state index contributed by atoms with van der Waals surface area (Å²) in [5, 5.41) is 2.58. The van der Waals surface area contributed by atoms with E-state index < -0.39 is 0 Å². The van der Waals surface area contributed by atoms with Crippen molar-refractivity contribution in [1.82, 2.24) is 4.90 Å². The average Bonchev–Trinajstić information content (AvgIpc) is 3.37. The number of terminal acetylenes is 1. The lowest BCUT2D eigenvalue weighted by Crippen LogP contribution is -2.41. The standard InChI is InChI=1S/C24H27NO2.C15H21N.C2H2/c1-5-6-13-25-19-12-11-16-9-7-8-10-17(16)23(19)24(2,3)22(25)14-18-20(26)15-21(18)27-4;1-5-12-9-7-6-8-10-13-14(12)15(2,3)11-16(13)4;1-2/h7-12,14-15,22H,5-6,13H2,1-4H3;5,7-10H,6,11H2,1-4H3;1-2H/b;9-7-,10-8-,12-5+;. The number of fused-ring (bicyclic) bond motifs is 3. The van der Waals surface area contributed by atoms with E-state index in [-0.39, 0.29) is 22.7 Å². The lowest BCUT2D eigenvalue weighted by Gasteiger charge is -2.34. The van der Waals surface area contributed by atoms with Crippen LogP contribution in [0.25, 0.3) is 10.8 Å². The monoisotopic (exact) mass is 602 g/mol. The smallest absolute Gasteiger partial charge is 0.193 e. The maximum atomic E-state index is 12.2. The van der Waals surface area contributed by atoms with E-state index in [0.717, 1.165) is 32.4 Å². The number of methoxy groups -OCH3 is 1. The molecule has 0 N–H and O–H groups in total. The van der Waals surface area contributed by atoms with Crippen molar-refractivity contribution in [2.75, 3.05) is 32.1 Å². The van der Waals surface area contributed by atoms with Gasteiger partial charge in [-0.05, 0) is 65.5 Å². The van der Waals surface area contributed by atoms with Gasteiger partial charge in [0.05, 0.1) is 18.7 Å². The predicted octanol–water partition coefficient (Wildman–Crippen LogP) is 9.07. The summed E-state index contributed by atoms with van der Waals surface area (Å²) in [6, 6.07) is 13.2. The van der Waals surface area contributed by atoms with Crippen LogP contribution in [-0.2, 0) is 14.9 Å². The van der Waals surface area contributed by atoms with Gasteiger partial charge >= 0.3 is 0 Å². The van der Waals surface area contributed by atoms with E-state index in [1.54, 1.807) is 13.2 Å². The van der Waals surface area contributed by atoms with Gasteiger partial charge in [0.25, 0.3) is 0 Å². The lowest BCUT2D eigenvalue weighted by atomic mass is 9.77. The van der Waals surface area contributed by atoms with Gasteiger partial charge in [-0.3, -0.25) is 4.79 Å². The summed E-state index contributed by atoms with van der Waals surface area (Å²) in [7, 11) is 3.82. The van der Waals surface area contributed by atoms with Crippen molar-refractivity contribution < 1.29 is 9.53 Å². The van der Waals surface area contributed by atoms with Crippen LogP contribution in [0.15, 0.2) is 107 Å². The molecule has 0 spiro atoms. The highest BCUT2D eigenvalue weighted by Crippen LogP contribution is 2.50. The van der Waals surface area contributed by atoms with Crippen molar-refractivity contribution in [2.24, 2.45) is 5.41 Å². The first kappa shape index (κ1) is 33.7. The normalized spacial score (nSPS) is 23.9. The quantitative estimate of drug-likeness (QED) is 0.253. The van der Waals surface area contributed by atoms with Gasteiger partial charge in [-0.1, -0.05) is 95.7 Å². The molecule has 0 aromatic heterocycles. The zero-order valence-corrected chi connectivity index (χ0v) is 28.5. The Morgan fingerprint density at radius 3 is 2.42 bits per heavy atom. The Labute approximate surface area is 271 Å². The number of nitrogens with zero attached hydrogens (tertiary/aromatic N) is 2. The molecule has 0 fully saturated rings. The molecule has 236 valence electrons. The Morgan fingerprint density at radius 2 is 1.76 bits per heavy atom. The SMILES string of the molecule is C#C.C/C=C1\C=C/C/C=C\C2=C1C(C)(C)CN2C.CCCCN1c2ccc3ccccc3c2C(C)(C)C1C=C1C(=O)C=C1OC. The Balaban J connectivity index is 0.000000219. The van der Waals surface area contributed by atoms with Crippen molar-refractivity contribution in [1.29, 1.82) is 0 Å². The number of benzene rings is 2. The van der Waals surface area contributed by atoms with E-state index >= 15 is 0 Å². The zero-order chi connectivity index (χ0) is 32.9. The highest BCUT2D eigenvalue weighted by Gasteiger charge is 2.45. The molecule has 2 aliphatic carbocycles. The number of hydrogen-bond acceptors (Lipinski definition) is 4. The lowest BCUT2D eigenvalue weighted by molar-refractivity contribution is -0.112. The van der Waals surface area contributed by atoms with E-state index in [1.807, 2.05) is 0 Å². The molecule has 0 radical (unpaired) electrons. The van der Waals surface area contributed by atoms with Gasteiger partial charge in [0, 0.05) is 48.4 Å². The fraction of sp³-hybridized carbons (Fsp3) is 0.390. The van der Waals surface area contributed by atoms with Crippen LogP contribution in [0.2, 0.25) is 0 Å². The van der Waals surface area contributed by atoms with Crippen LogP contribution in [0, 0.1) is 18.3 Å². The summed E-state index contributed by atoms with van der Waals surface area (Å²) in [4.78, 5) is 17.0. The van der Waals surface area contributed by atoms with Crippen LogP contribution in [0.5, 0.6) is 0 Å². The van der Waals surface area contributed by atoms with Crippen molar-refractivity contribution in [3.8, 4) is 12.8 Å². The first-order valence-corrected chi connectivity index (χ1v) is 16.1. The summed E-state index contributed by atoms with van der Waals surface area (Å²) >= 11 is 0. The summed E-state index contributed by atoms with van der Waals surface area (Å²) in [5.41, 5.74) is 7.80. The number of allylic oxidation sites excluding steroid dienone is 8. The number of ketones is 1. The summed E-state index contributed by atoms with van der Waals surface area (Å²) < 4.78 is 5.36. The molecule has 2 aromatic rings. The highest BCUT2D eigenvalue weighted by molar-refractivity contribution is 6.15. The fourth-order valence-electron chi connectivity index (χ4n) is 7.38. The van der Waals surface area contributed by atoms with Gasteiger partial charge in [-0.25, -0.2) is 0 Å². The molecule has 6 rings (SSSR count). The second-order valence-corrected chi connectivity index (χ2v) is 13.3. The van der Waals surface area contributed by atoms with E-state index in [9.17, 15) is 4.79 Å². The largest absolute Gasteiger partial charge is 0.496 e. The summed E-state index contributed by atoms with van der Waals surface area (Å²) in [5.74, 6) is 0.769. The molecule has 0 bridgehead atoms. The molecule has 2 aromatic carbocycles. The van der Waals surface area contributed by atoms with E-state index in [2.05, 4.69) is 144 Å². The topological polar surface area (TPSA) is 32.8 Å². The Hall–Kier alpha value is -4.23. The van der Waals surface area contributed by atoms with Gasteiger partial charge in [0.1, 0.15) is 5.76 Å². The molecule has 45 heavy (non-hydrogen) atoms. The minimum absolute atomic E-state index is 0.0684. The molecule has 0 saturated carbocycles. The van der Waals surface area contributed by atoms with E-state index in [4.69, 9.17) is 4.74 Å². The van der Waals surface area contributed by atoms with Crippen LogP contribution in [0.4, 0.5) is 5.69 Å². The number of anilines is 1. The zero-order valence-electron chi connectivity index (χ0n) is 28.5.